The number of anilines is 1. The number of ether oxygens (including phenoxy) is 1. The lowest BCUT2D eigenvalue weighted by molar-refractivity contribution is 0.00157. The Morgan fingerprint density at radius 3 is 2.62 bits per heavy atom. The normalized spacial score (nSPS) is 29.8. The zero-order valence-corrected chi connectivity index (χ0v) is 26.6. The SMILES string of the molecule is CCCCc1cc(Cl)ccc1[C@@H]1COc2ccc3cc2N(C1)C[C@@H]1CC[C@H]1[C@@H](O)C[C@H](C)CC[C@@H](C)S(=O)(=O)NC3=O. The summed E-state index contributed by atoms with van der Waals surface area (Å²) in [6.07, 6.45) is 6.49. The maximum absolute atomic E-state index is 13.2. The minimum absolute atomic E-state index is 0.0779. The molecule has 1 aliphatic carbocycles. The van der Waals surface area contributed by atoms with E-state index in [1.54, 1.807) is 25.1 Å². The number of aliphatic hydroxyl groups is 1. The lowest BCUT2D eigenvalue weighted by Crippen LogP contribution is -2.45. The molecule has 0 aromatic heterocycles. The number of carbonyl (C=O) groups is 1. The van der Waals surface area contributed by atoms with E-state index in [-0.39, 0.29) is 23.3 Å². The van der Waals surface area contributed by atoms with Gasteiger partial charge in [0.1, 0.15) is 5.75 Å². The molecule has 1 amide bonds. The third kappa shape index (κ3) is 6.92. The number of aryl methyl sites for hydroxylation is 1. The van der Waals surface area contributed by atoms with Crippen LogP contribution in [0, 0.1) is 17.8 Å². The number of aliphatic hydroxyl groups excluding tert-OH is 1. The summed E-state index contributed by atoms with van der Waals surface area (Å²) in [6.45, 7) is 7.81. The fraction of sp³-hybridized carbons (Fsp3) is 0.606. The molecule has 1 saturated carbocycles. The van der Waals surface area contributed by atoms with Crippen LogP contribution in [0.5, 0.6) is 5.75 Å². The highest BCUT2D eigenvalue weighted by Gasteiger charge is 2.39. The van der Waals surface area contributed by atoms with Crippen LogP contribution in [-0.4, -0.2) is 50.5 Å². The van der Waals surface area contributed by atoms with Crippen LogP contribution in [0.3, 0.4) is 0 Å². The summed E-state index contributed by atoms with van der Waals surface area (Å²) in [6, 6.07) is 11.3. The van der Waals surface area contributed by atoms with Crippen LogP contribution in [0.4, 0.5) is 5.69 Å². The molecule has 0 unspecified atom stereocenters. The number of nitrogens with one attached hydrogen (secondary N) is 1. The van der Waals surface area contributed by atoms with Crippen LogP contribution in [0.25, 0.3) is 0 Å². The number of benzene rings is 2. The molecule has 2 bridgehead atoms. The largest absolute Gasteiger partial charge is 0.491 e. The van der Waals surface area contributed by atoms with Crippen molar-refractivity contribution >= 4 is 33.2 Å². The fourth-order valence-corrected chi connectivity index (χ4v) is 8.05. The minimum atomic E-state index is -3.85. The summed E-state index contributed by atoms with van der Waals surface area (Å²) in [7, 11) is -3.85. The van der Waals surface area contributed by atoms with E-state index < -0.39 is 27.3 Å². The summed E-state index contributed by atoms with van der Waals surface area (Å²) < 4.78 is 34.8. The van der Waals surface area contributed by atoms with Crippen molar-refractivity contribution in [2.45, 2.75) is 89.4 Å². The number of rotatable bonds is 4. The van der Waals surface area contributed by atoms with Crippen molar-refractivity contribution in [2.24, 2.45) is 17.8 Å². The molecule has 5 rings (SSSR count). The molecule has 230 valence electrons. The van der Waals surface area contributed by atoms with Crippen molar-refractivity contribution < 1.29 is 23.1 Å². The van der Waals surface area contributed by atoms with Crippen molar-refractivity contribution in [3.05, 3.63) is 58.1 Å². The smallest absolute Gasteiger partial charge is 0.264 e. The van der Waals surface area contributed by atoms with Crippen molar-refractivity contribution in [1.82, 2.24) is 4.72 Å². The molecule has 7 nitrogen and oxygen atoms in total. The number of unbranched alkanes of at least 4 members (excludes halogenated alkanes) is 1. The molecule has 6 atom stereocenters. The van der Waals surface area contributed by atoms with E-state index in [0.717, 1.165) is 49.4 Å². The van der Waals surface area contributed by atoms with E-state index >= 15 is 0 Å². The molecule has 9 heteroatoms. The number of amides is 1. The van der Waals surface area contributed by atoms with Gasteiger partial charge in [0.05, 0.1) is 23.6 Å². The molecule has 2 heterocycles. The second-order valence-electron chi connectivity index (χ2n) is 12.8. The monoisotopic (exact) mass is 616 g/mol. The van der Waals surface area contributed by atoms with Gasteiger partial charge in [-0.1, -0.05) is 37.9 Å². The van der Waals surface area contributed by atoms with Gasteiger partial charge in [-0.05, 0) is 111 Å². The first kappa shape index (κ1) is 31.1. The minimum Gasteiger partial charge on any atom is -0.491 e. The summed E-state index contributed by atoms with van der Waals surface area (Å²) in [5, 5.41) is 11.3. The highest BCUT2D eigenvalue weighted by atomic mass is 35.5. The van der Waals surface area contributed by atoms with Gasteiger partial charge in [-0.2, -0.15) is 0 Å². The van der Waals surface area contributed by atoms with Gasteiger partial charge in [0.2, 0.25) is 10.0 Å². The maximum atomic E-state index is 13.2. The second-order valence-corrected chi connectivity index (χ2v) is 15.4. The third-order valence-corrected chi connectivity index (χ3v) is 11.7. The van der Waals surface area contributed by atoms with Crippen LogP contribution in [0.15, 0.2) is 36.4 Å². The second kappa shape index (κ2) is 13.1. The van der Waals surface area contributed by atoms with Gasteiger partial charge in [0.25, 0.3) is 5.91 Å². The first-order valence-electron chi connectivity index (χ1n) is 15.6. The quantitative estimate of drug-likeness (QED) is 0.417. The maximum Gasteiger partial charge on any atom is 0.264 e. The number of hydrogen-bond donors (Lipinski definition) is 2. The van der Waals surface area contributed by atoms with E-state index in [1.165, 1.54) is 11.1 Å². The molecule has 2 aromatic rings. The molecule has 0 saturated heterocycles. The number of sulfonamides is 1. The first-order valence-corrected chi connectivity index (χ1v) is 17.5. The van der Waals surface area contributed by atoms with Gasteiger partial charge < -0.3 is 14.7 Å². The third-order valence-electron chi connectivity index (χ3n) is 9.69. The number of carbonyl (C=O) groups excluding carboxylic acids is 1. The molecule has 2 N–H and O–H groups in total. The summed E-state index contributed by atoms with van der Waals surface area (Å²) >= 11 is 6.42. The van der Waals surface area contributed by atoms with Gasteiger partial charge in [0, 0.05) is 29.6 Å². The van der Waals surface area contributed by atoms with E-state index in [0.29, 0.717) is 44.1 Å². The Morgan fingerprint density at radius 1 is 1.07 bits per heavy atom. The Morgan fingerprint density at radius 2 is 1.88 bits per heavy atom. The molecule has 2 aromatic carbocycles. The molecule has 2 aliphatic heterocycles. The van der Waals surface area contributed by atoms with E-state index in [9.17, 15) is 18.3 Å². The Hall–Kier alpha value is -2.29. The van der Waals surface area contributed by atoms with Gasteiger partial charge in [0.15, 0.2) is 0 Å². The summed E-state index contributed by atoms with van der Waals surface area (Å²) in [4.78, 5) is 15.5. The average Bonchev–Trinajstić information content (AvgIpc) is 3.11. The van der Waals surface area contributed by atoms with Gasteiger partial charge >= 0.3 is 0 Å². The Bertz CT molecular complexity index is 1380. The molecular formula is C33H45ClN2O5S. The number of hydrogen-bond acceptors (Lipinski definition) is 6. The van der Waals surface area contributed by atoms with Gasteiger partial charge in [-0.15, -0.1) is 0 Å². The number of nitrogens with zero attached hydrogens (tertiary/aromatic N) is 1. The van der Waals surface area contributed by atoms with Crippen molar-refractivity contribution in [3.63, 3.8) is 0 Å². The topological polar surface area (TPSA) is 95.9 Å². The lowest BCUT2D eigenvalue weighted by atomic mass is 9.68. The molecule has 3 aliphatic rings. The fourth-order valence-electron chi connectivity index (χ4n) is 6.83. The van der Waals surface area contributed by atoms with E-state index in [1.807, 2.05) is 6.07 Å². The summed E-state index contributed by atoms with van der Waals surface area (Å²) in [5.74, 6) is 0.851. The molecular weight excluding hydrogens is 572 g/mol. The van der Waals surface area contributed by atoms with E-state index in [2.05, 4.69) is 35.6 Å². The first-order chi connectivity index (χ1) is 20.1. The van der Waals surface area contributed by atoms with E-state index in [4.69, 9.17) is 16.3 Å². The highest BCUT2D eigenvalue weighted by Crippen LogP contribution is 2.43. The Labute approximate surface area is 256 Å². The predicted molar refractivity (Wildman–Crippen MR) is 168 cm³/mol. The number of fused-ring (bicyclic) bond motifs is 2. The zero-order chi connectivity index (χ0) is 30.0. The van der Waals surface area contributed by atoms with Crippen LogP contribution in [0.1, 0.15) is 93.1 Å². The summed E-state index contributed by atoms with van der Waals surface area (Å²) in [5.41, 5.74) is 3.55. The van der Waals surface area contributed by atoms with Crippen molar-refractivity contribution in [3.8, 4) is 5.75 Å². The lowest BCUT2D eigenvalue weighted by Gasteiger charge is -2.44. The van der Waals surface area contributed by atoms with Crippen molar-refractivity contribution in [1.29, 1.82) is 0 Å². The zero-order valence-electron chi connectivity index (χ0n) is 25.0. The number of halogens is 1. The predicted octanol–water partition coefficient (Wildman–Crippen LogP) is 6.32. The Kier molecular flexibility index (Phi) is 9.75. The molecule has 0 spiro atoms. The highest BCUT2D eigenvalue weighted by molar-refractivity contribution is 7.90. The Balaban J connectivity index is 1.52. The molecule has 0 radical (unpaired) electrons. The molecule has 1 fully saturated rings. The van der Waals surface area contributed by atoms with Gasteiger partial charge in [-0.3, -0.25) is 4.79 Å². The standard InChI is InChI=1S/C33H45ClN2O5S/c1-4-5-6-23-16-27(34)11-13-28(23)26-19-36-18-25-9-12-29(25)31(37)15-21(2)7-8-22(3)42(39,40)35-33(38)24-10-14-32(41-20-26)30(36)17-24/h10-11,13-14,16-17,21-22,25-26,29,31,37H,4-9,12,15,18-20H2,1-3H3,(H,35,38)/t21-,22-,25+,26+,29-,31+/m1/s1. The average molecular weight is 617 g/mol. The van der Waals surface area contributed by atoms with Crippen LogP contribution >= 0.6 is 11.6 Å². The van der Waals surface area contributed by atoms with Crippen LogP contribution < -0.4 is 14.4 Å². The van der Waals surface area contributed by atoms with Crippen LogP contribution in [-0.2, 0) is 16.4 Å². The molecule has 42 heavy (non-hydrogen) atoms. The van der Waals surface area contributed by atoms with Crippen LogP contribution in [0.2, 0.25) is 5.02 Å². The van der Waals surface area contributed by atoms with Crippen molar-refractivity contribution in [2.75, 3.05) is 24.6 Å². The van der Waals surface area contributed by atoms with Gasteiger partial charge in [-0.25, -0.2) is 13.1 Å².